The van der Waals surface area contributed by atoms with Crippen LogP contribution in [0.2, 0.25) is 4.34 Å². The van der Waals surface area contributed by atoms with Gasteiger partial charge in [-0.1, -0.05) is 29.0 Å². The molecule has 3 aromatic rings. The number of hydrogen-bond donors (Lipinski definition) is 1. The zero-order chi connectivity index (χ0) is 19.9. The maximum atomic E-state index is 12.9. The predicted octanol–water partition coefficient (Wildman–Crippen LogP) is 4.52. The van der Waals surface area contributed by atoms with Gasteiger partial charge < -0.3 is 5.32 Å². The molecule has 1 N–H and O–H groups in total. The van der Waals surface area contributed by atoms with Gasteiger partial charge in [0.25, 0.3) is 10.0 Å². The third-order valence-corrected chi connectivity index (χ3v) is 9.76. The first-order valence-corrected chi connectivity index (χ1v) is 13.1. The van der Waals surface area contributed by atoms with E-state index < -0.39 is 16.1 Å². The number of hydrogen-bond acceptors (Lipinski definition) is 7. The summed E-state index contributed by atoms with van der Waals surface area (Å²) in [5, 5.41) is 3.29. The number of benzene rings is 1. The van der Waals surface area contributed by atoms with Crippen molar-refractivity contribution in [3.8, 4) is 0 Å². The van der Waals surface area contributed by atoms with Crippen LogP contribution in [0.1, 0.15) is 12.8 Å². The van der Waals surface area contributed by atoms with Crippen molar-refractivity contribution in [3.63, 3.8) is 0 Å². The molecule has 3 heterocycles. The molecule has 0 aliphatic carbocycles. The normalized spacial score (nSPS) is 18.0. The van der Waals surface area contributed by atoms with Crippen LogP contribution in [0.3, 0.4) is 0 Å². The summed E-state index contributed by atoms with van der Waals surface area (Å²) in [6.07, 6.45) is 3.09. The zero-order valence-corrected chi connectivity index (χ0v) is 18.7. The Labute approximate surface area is 180 Å². The largest absolute Gasteiger partial charge is 0.301 e. The van der Waals surface area contributed by atoms with Gasteiger partial charge in [0, 0.05) is 11.4 Å². The summed E-state index contributed by atoms with van der Waals surface area (Å²) in [6, 6.07) is 8.17. The first-order valence-electron chi connectivity index (χ1n) is 8.42. The van der Waals surface area contributed by atoms with Gasteiger partial charge >= 0.3 is 0 Å². The van der Waals surface area contributed by atoms with E-state index in [0.717, 1.165) is 26.4 Å². The van der Waals surface area contributed by atoms with E-state index in [4.69, 9.17) is 11.6 Å². The molecule has 0 bridgehead atoms. The zero-order valence-electron chi connectivity index (χ0n) is 14.7. The number of thiophene rings is 1. The number of carbonyl (C=O) groups excluding carboxylic acids is 1. The Bertz CT molecular complexity index is 1140. The highest BCUT2D eigenvalue weighted by Crippen LogP contribution is 2.34. The van der Waals surface area contributed by atoms with Gasteiger partial charge in [-0.3, -0.25) is 4.79 Å². The molecule has 6 nitrogen and oxygen atoms in total. The number of fused-ring (bicyclic) bond motifs is 1. The van der Waals surface area contributed by atoms with Crippen molar-refractivity contribution in [2.75, 3.05) is 18.1 Å². The van der Waals surface area contributed by atoms with Crippen LogP contribution in [0.25, 0.3) is 10.2 Å². The Morgan fingerprint density at radius 2 is 2.14 bits per heavy atom. The maximum Gasteiger partial charge on any atom is 0.253 e. The highest BCUT2D eigenvalue weighted by Gasteiger charge is 2.40. The Morgan fingerprint density at radius 3 is 2.86 bits per heavy atom. The van der Waals surface area contributed by atoms with E-state index in [-0.39, 0.29) is 10.1 Å². The van der Waals surface area contributed by atoms with Gasteiger partial charge in [0.2, 0.25) is 5.91 Å². The molecule has 1 aliphatic rings. The second kappa shape index (κ2) is 7.92. The number of nitrogens with one attached hydrogen (secondary N) is 1. The monoisotopic (exact) mass is 473 g/mol. The minimum atomic E-state index is -3.75. The summed E-state index contributed by atoms with van der Waals surface area (Å²) >= 11 is 9.86. The highest BCUT2D eigenvalue weighted by molar-refractivity contribution is 7.98. The van der Waals surface area contributed by atoms with Gasteiger partial charge in [0.05, 0.1) is 14.6 Å². The van der Waals surface area contributed by atoms with Gasteiger partial charge in [-0.2, -0.15) is 4.31 Å². The molecule has 0 saturated carbocycles. The SMILES string of the molecule is CSc1cccc2sc(NC(=O)C3CCCN3S(=O)(=O)c3ccc(Cl)s3)nc12. The smallest absolute Gasteiger partial charge is 0.253 e. The molecule has 1 fully saturated rings. The number of aromatic nitrogens is 1. The molecule has 0 radical (unpaired) electrons. The molecule has 2 aromatic heterocycles. The van der Waals surface area contributed by atoms with Crippen LogP contribution < -0.4 is 5.32 Å². The van der Waals surface area contributed by atoms with Crippen molar-refractivity contribution in [2.24, 2.45) is 0 Å². The Balaban J connectivity index is 1.57. The summed E-state index contributed by atoms with van der Waals surface area (Å²) in [4.78, 5) is 18.4. The molecule has 1 unspecified atom stereocenters. The lowest BCUT2D eigenvalue weighted by molar-refractivity contribution is -0.119. The van der Waals surface area contributed by atoms with Crippen molar-refractivity contribution in [1.82, 2.24) is 9.29 Å². The Morgan fingerprint density at radius 1 is 1.32 bits per heavy atom. The van der Waals surface area contributed by atoms with E-state index in [1.165, 1.54) is 21.7 Å². The van der Waals surface area contributed by atoms with Crippen LogP contribution in [-0.2, 0) is 14.8 Å². The van der Waals surface area contributed by atoms with E-state index in [2.05, 4.69) is 10.3 Å². The predicted molar refractivity (Wildman–Crippen MR) is 116 cm³/mol. The summed E-state index contributed by atoms with van der Waals surface area (Å²) in [5.74, 6) is -0.353. The molecule has 11 heteroatoms. The lowest BCUT2D eigenvalue weighted by Gasteiger charge is -2.22. The van der Waals surface area contributed by atoms with Crippen LogP contribution in [0.5, 0.6) is 0 Å². The molecule has 148 valence electrons. The highest BCUT2D eigenvalue weighted by atomic mass is 35.5. The fraction of sp³-hybridized carbons (Fsp3) is 0.294. The van der Waals surface area contributed by atoms with Gasteiger partial charge in [-0.15, -0.1) is 23.1 Å². The number of amides is 1. The van der Waals surface area contributed by atoms with Gasteiger partial charge in [0.1, 0.15) is 10.3 Å². The number of nitrogens with zero attached hydrogens (tertiary/aromatic N) is 2. The van der Waals surface area contributed by atoms with Crippen LogP contribution >= 0.6 is 46.0 Å². The summed E-state index contributed by atoms with van der Waals surface area (Å²) in [7, 11) is -3.75. The molecule has 0 spiro atoms. The first-order chi connectivity index (χ1) is 13.4. The number of thioether (sulfide) groups is 1. The summed E-state index contributed by atoms with van der Waals surface area (Å²) in [5.41, 5.74) is 0.847. The van der Waals surface area contributed by atoms with Crippen LogP contribution in [0, 0.1) is 0 Å². The summed E-state index contributed by atoms with van der Waals surface area (Å²) in [6.45, 7) is 0.312. The molecule has 1 amide bonds. The van der Waals surface area contributed by atoms with Crippen molar-refractivity contribution in [3.05, 3.63) is 34.7 Å². The number of thiazole rings is 1. The van der Waals surface area contributed by atoms with Crippen molar-refractivity contribution in [1.29, 1.82) is 0 Å². The van der Waals surface area contributed by atoms with E-state index in [1.807, 2.05) is 24.5 Å². The fourth-order valence-electron chi connectivity index (χ4n) is 3.17. The Hall–Kier alpha value is -1.17. The third kappa shape index (κ3) is 3.69. The fourth-order valence-corrected chi connectivity index (χ4v) is 7.96. The second-order valence-corrected chi connectivity index (χ2v) is 11.9. The number of para-hydroxylation sites is 1. The van der Waals surface area contributed by atoms with Crippen molar-refractivity contribution < 1.29 is 13.2 Å². The topological polar surface area (TPSA) is 79.4 Å². The minimum Gasteiger partial charge on any atom is -0.301 e. The average Bonchev–Trinajstić information content (AvgIpc) is 3.39. The second-order valence-electron chi connectivity index (χ2n) is 6.15. The van der Waals surface area contributed by atoms with Crippen LogP contribution in [0.4, 0.5) is 5.13 Å². The van der Waals surface area contributed by atoms with E-state index in [9.17, 15) is 13.2 Å². The van der Waals surface area contributed by atoms with E-state index in [1.54, 1.807) is 17.8 Å². The molecule has 28 heavy (non-hydrogen) atoms. The first kappa shape index (κ1) is 20.1. The summed E-state index contributed by atoms with van der Waals surface area (Å²) < 4.78 is 28.6. The molecular weight excluding hydrogens is 458 g/mol. The molecule has 4 rings (SSSR count). The molecule has 1 aromatic carbocycles. The quantitative estimate of drug-likeness (QED) is 0.551. The number of rotatable bonds is 5. The van der Waals surface area contributed by atoms with E-state index in [0.29, 0.717) is 28.9 Å². The lowest BCUT2D eigenvalue weighted by atomic mass is 10.2. The number of carbonyl (C=O) groups is 1. The van der Waals surface area contributed by atoms with Crippen molar-refractivity contribution in [2.45, 2.75) is 28.0 Å². The number of anilines is 1. The third-order valence-electron chi connectivity index (χ3n) is 4.45. The van der Waals surface area contributed by atoms with Gasteiger partial charge in [-0.25, -0.2) is 13.4 Å². The van der Waals surface area contributed by atoms with E-state index >= 15 is 0 Å². The van der Waals surface area contributed by atoms with Gasteiger partial charge in [-0.05, 0) is 43.4 Å². The van der Waals surface area contributed by atoms with Gasteiger partial charge in [0.15, 0.2) is 5.13 Å². The Kier molecular flexibility index (Phi) is 5.69. The minimum absolute atomic E-state index is 0.154. The van der Waals surface area contributed by atoms with Crippen LogP contribution in [0.15, 0.2) is 39.4 Å². The van der Waals surface area contributed by atoms with Crippen molar-refractivity contribution >= 4 is 77.3 Å². The van der Waals surface area contributed by atoms with Crippen LogP contribution in [-0.4, -0.2) is 42.5 Å². The lowest BCUT2D eigenvalue weighted by Crippen LogP contribution is -2.42. The molecular formula is C17H16ClN3O3S4. The maximum absolute atomic E-state index is 12.9. The standard InChI is InChI=1S/C17H16ClN3O3S4/c1-25-11-5-2-6-12-15(11)19-17(26-12)20-16(22)10-4-3-9-21(10)28(23,24)14-8-7-13(18)27-14/h2,5-8,10H,3-4,9H2,1H3,(H,19,20,22). The molecule has 1 saturated heterocycles. The average molecular weight is 474 g/mol. The molecule has 1 aliphatic heterocycles. The number of halogens is 1. The molecule has 1 atom stereocenters. The number of sulfonamides is 1.